The number of aliphatic hydroxyl groups is 1. The van der Waals surface area contributed by atoms with Crippen molar-refractivity contribution in [2.45, 2.75) is 36.1 Å². The second-order valence-electron chi connectivity index (χ2n) is 6.71. The van der Waals surface area contributed by atoms with Crippen LogP contribution < -0.4 is 14.8 Å². The van der Waals surface area contributed by atoms with Crippen LogP contribution in [0.25, 0.3) is 0 Å². The van der Waals surface area contributed by atoms with Crippen molar-refractivity contribution in [3.05, 3.63) is 36.0 Å². The normalized spacial score (nSPS) is 20.2. The van der Waals surface area contributed by atoms with E-state index in [-0.39, 0.29) is 17.5 Å². The lowest BCUT2D eigenvalue weighted by molar-refractivity contribution is -0.140. The van der Waals surface area contributed by atoms with E-state index in [0.29, 0.717) is 31.3 Å². The number of anilines is 2. The lowest BCUT2D eigenvalue weighted by Gasteiger charge is -2.23. The fourth-order valence-electron chi connectivity index (χ4n) is 2.85. The van der Waals surface area contributed by atoms with Crippen LogP contribution in [-0.4, -0.2) is 56.0 Å². The van der Waals surface area contributed by atoms with Gasteiger partial charge < -0.3 is 19.9 Å². The summed E-state index contributed by atoms with van der Waals surface area (Å²) in [7, 11) is -2.35. The first-order chi connectivity index (χ1) is 14.6. The molecule has 1 aliphatic heterocycles. The van der Waals surface area contributed by atoms with E-state index in [9.17, 15) is 26.7 Å². The third kappa shape index (κ3) is 5.81. The van der Waals surface area contributed by atoms with Crippen LogP contribution in [0.4, 0.5) is 24.8 Å². The molecule has 2 heterocycles. The van der Waals surface area contributed by atoms with Crippen LogP contribution in [0.3, 0.4) is 0 Å². The van der Waals surface area contributed by atoms with E-state index in [1.807, 2.05) is 0 Å². The summed E-state index contributed by atoms with van der Waals surface area (Å²) in [6.45, 7) is 0.322. The van der Waals surface area contributed by atoms with Gasteiger partial charge in [-0.3, -0.25) is 0 Å². The van der Waals surface area contributed by atoms with E-state index in [2.05, 4.69) is 20.0 Å². The van der Waals surface area contributed by atoms with Crippen LogP contribution >= 0.6 is 0 Å². The highest BCUT2D eigenvalue weighted by Crippen LogP contribution is 2.36. The fourth-order valence-corrected chi connectivity index (χ4v) is 3.58. The van der Waals surface area contributed by atoms with E-state index in [1.54, 1.807) is 0 Å². The van der Waals surface area contributed by atoms with Crippen LogP contribution in [0.1, 0.15) is 18.4 Å². The molecule has 0 saturated carbocycles. The zero-order valence-electron chi connectivity index (χ0n) is 16.4. The van der Waals surface area contributed by atoms with E-state index in [1.165, 1.54) is 31.3 Å². The Morgan fingerprint density at radius 1 is 1.26 bits per heavy atom. The summed E-state index contributed by atoms with van der Waals surface area (Å²) in [5, 5.41) is 12.8. The molecular formula is C18H21F3N4O5S. The second kappa shape index (κ2) is 9.34. The molecule has 1 aromatic carbocycles. The molecule has 0 unspecified atom stereocenters. The first-order valence-corrected chi connectivity index (χ1v) is 10.8. The SMILES string of the molecule is CNS(=O)(=O)c1ccc(Nc2ncc(C(F)(F)F)c(O[C@@H]3CCCOC[C@@H]3O)n2)cc1. The topological polar surface area (TPSA) is 123 Å². The van der Waals surface area contributed by atoms with Crippen LogP contribution in [0.15, 0.2) is 35.4 Å². The molecule has 2 aromatic rings. The quantitative estimate of drug-likeness (QED) is 0.596. The average Bonchev–Trinajstić information content (AvgIpc) is 2.92. The van der Waals surface area contributed by atoms with Crippen molar-refractivity contribution in [1.29, 1.82) is 0 Å². The molecular weight excluding hydrogens is 441 g/mol. The maximum Gasteiger partial charge on any atom is 0.423 e. The summed E-state index contributed by atoms with van der Waals surface area (Å²) in [5.74, 6) is -0.906. The van der Waals surface area contributed by atoms with Gasteiger partial charge in [0.05, 0.1) is 11.5 Å². The standard InChI is InChI=1S/C18H21F3N4O5S/c1-22-31(27,28)12-6-4-11(5-7-12)24-17-23-9-13(18(19,20)21)16(25-17)30-15-3-2-8-29-10-14(15)26/h4-7,9,14-15,22,26H,2-3,8,10H2,1H3,(H,23,24,25)/t14-,15+/m0/s1. The number of benzene rings is 1. The summed E-state index contributed by atoms with van der Waals surface area (Å²) >= 11 is 0. The molecule has 170 valence electrons. The molecule has 1 fully saturated rings. The number of ether oxygens (including phenoxy) is 2. The molecule has 0 spiro atoms. The third-order valence-electron chi connectivity index (χ3n) is 4.51. The fraction of sp³-hybridized carbons (Fsp3) is 0.444. The number of alkyl halides is 3. The van der Waals surface area contributed by atoms with E-state index in [0.717, 1.165) is 0 Å². The molecule has 3 N–H and O–H groups in total. The monoisotopic (exact) mass is 462 g/mol. The van der Waals surface area contributed by atoms with Gasteiger partial charge in [0.1, 0.15) is 17.8 Å². The van der Waals surface area contributed by atoms with Gasteiger partial charge in [0.25, 0.3) is 0 Å². The maximum absolute atomic E-state index is 13.4. The minimum Gasteiger partial charge on any atom is -0.471 e. The van der Waals surface area contributed by atoms with Gasteiger partial charge in [0.15, 0.2) is 0 Å². The van der Waals surface area contributed by atoms with Crippen molar-refractivity contribution in [2.24, 2.45) is 0 Å². The van der Waals surface area contributed by atoms with Gasteiger partial charge in [0, 0.05) is 18.5 Å². The van der Waals surface area contributed by atoms with Crippen molar-refractivity contribution in [3.63, 3.8) is 0 Å². The van der Waals surface area contributed by atoms with Gasteiger partial charge in [-0.05, 0) is 44.2 Å². The summed E-state index contributed by atoms with van der Waals surface area (Å²) in [4.78, 5) is 7.53. The van der Waals surface area contributed by atoms with Crippen LogP contribution in [-0.2, 0) is 20.9 Å². The van der Waals surface area contributed by atoms with Crippen LogP contribution in [0.5, 0.6) is 5.88 Å². The Labute approximate surface area is 176 Å². The number of halogens is 3. The zero-order chi connectivity index (χ0) is 22.6. The number of hydrogen-bond donors (Lipinski definition) is 3. The predicted molar refractivity (Wildman–Crippen MR) is 103 cm³/mol. The van der Waals surface area contributed by atoms with Gasteiger partial charge in [-0.1, -0.05) is 0 Å². The predicted octanol–water partition coefficient (Wildman–Crippen LogP) is 2.07. The van der Waals surface area contributed by atoms with Gasteiger partial charge >= 0.3 is 6.18 Å². The van der Waals surface area contributed by atoms with Gasteiger partial charge in [0.2, 0.25) is 21.9 Å². The first-order valence-electron chi connectivity index (χ1n) is 9.27. The summed E-state index contributed by atoms with van der Waals surface area (Å²) in [6, 6.07) is 5.46. The molecule has 1 aromatic heterocycles. The Morgan fingerprint density at radius 2 is 1.97 bits per heavy atom. The molecule has 3 rings (SSSR count). The second-order valence-corrected chi connectivity index (χ2v) is 8.59. The molecule has 2 atom stereocenters. The molecule has 0 aliphatic carbocycles. The van der Waals surface area contributed by atoms with E-state index < -0.39 is 39.9 Å². The van der Waals surface area contributed by atoms with Gasteiger partial charge in [-0.15, -0.1) is 0 Å². The highest BCUT2D eigenvalue weighted by Gasteiger charge is 2.38. The van der Waals surface area contributed by atoms with E-state index in [4.69, 9.17) is 9.47 Å². The minimum atomic E-state index is -4.76. The first kappa shape index (κ1) is 23.2. The number of nitrogens with one attached hydrogen (secondary N) is 2. The van der Waals surface area contributed by atoms with Crippen molar-refractivity contribution in [3.8, 4) is 5.88 Å². The van der Waals surface area contributed by atoms with Gasteiger partial charge in [-0.25, -0.2) is 18.1 Å². The highest BCUT2D eigenvalue weighted by molar-refractivity contribution is 7.89. The van der Waals surface area contributed by atoms with Gasteiger partial charge in [-0.2, -0.15) is 18.2 Å². The van der Waals surface area contributed by atoms with Crippen molar-refractivity contribution < 1.29 is 36.2 Å². The summed E-state index contributed by atoms with van der Waals surface area (Å²) < 4.78 is 76.5. The number of hydrogen-bond acceptors (Lipinski definition) is 8. The molecule has 1 saturated heterocycles. The zero-order valence-corrected chi connectivity index (χ0v) is 17.2. The summed E-state index contributed by atoms with van der Waals surface area (Å²) in [5.41, 5.74) is -0.825. The smallest absolute Gasteiger partial charge is 0.423 e. The van der Waals surface area contributed by atoms with Crippen molar-refractivity contribution >= 4 is 21.7 Å². The molecule has 9 nitrogen and oxygen atoms in total. The summed E-state index contributed by atoms with van der Waals surface area (Å²) in [6.07, 6.45) is -5.38. The lowest BCUT2D eigenvalue weighted by atomic mass is 10.1. The Hall–Kier alpha value is -2.48. The number of rotatable bonds is 6. The molecule has 0 amide bonds. The molecule has 1 aliphatic rings. The van der Waals surface area contributed by atoms with Crippen LogP contribution in [0, 0.1) is 0 Å². The molecule has 0 bridgehead atoms. The number of nitrogens with zero attached hydrogens (tertiary/aromatic N) is 2. The molecule has 13 heteroatoms. The Kier molecular flexibility index (Phi) is 6.99. The van der Waals surface area contributed by atoms with Crippen molar-refractivity contribution in [1.82, 2.24) is 14.7 Å². The Bertz CT molecular complexity index is 1000. The number of aliphatic hydroxyl groups excluding tert-OH is 1. The molecule has 0 radical (unpaired) electrons. The number of sulfonamides is 1. The largest absolute Gasteiger partial charge is 0.471 e. The van der Waals surface area contributed by atoms with Crippen LogP contribution in [0.2, 0.25) is 0 Å². The Balaban J connectivity index is 1.86. The van der Waals surface area contributed by atoms with Crippen molar-refractivity contribution in [2.75, 3.05) is 25.6 Å². The highest BCUT2D eigenvalue weighted by atomic mass is 32.2. The maximum atomic E-state index is 13.4. The number of aromatic nitrogens is 2. The van der Waals surface area contributed by atoms with E-state index >= 15 is 0 Å². The average molecular weight is 462 g/mol. The minimum absolute atomic E-state index is 0.0162. The Morgan fingerprint density at radius 3 is 2.61 bits per heavy atom. The lowest BCUT2D eigenvalue weighted by Crippen LogP contribution is -2.34. The third-order valence-corrected chi connectivity index (χ3v) is 5.94. The molecule has 31 heavy (non-hydrogen) atoms.